The Morgan fingerprint density at radius 1 is 1.09 bits per heavy atom. The van der Waals surface area contributed by atoms with Gasteiger partial charge in [-0.15, -0.1) is 0 Å². The Morgan fingerprint density at radius 2 is 1.87 bits per heavy atom. The summed E-state index contributed by atoms with van der Waals surface area (Å²) in [6.45, 7) is 4.44. The molecule has 0 spiro atoms. The van der Waals surface area contributed by atoms with E-state index in [0.29, 0.717) is 47.7 Å². The van der Waals surface area contributed by atoms with Crippen LogP contribution in [0.1, 0.15) is 59.1 Å². The average molecular weight is 647 g/mol. The lowest BCUT2D eigenvalue weighted by Crippen LogP contribution is -2.19. The number of hydrogen-bond acceptors (Lipinski definition) is 7. The third kappa shape index (κ3) is 7.84. The topological polar surface area (TPSA) is 108 Å². The first-order valence-electron chi connectivity index (χ1n) is 14.8. The molecule has 1 atom stereocenters. The van der Waals surface area contributed by atoms with E-state index in [0.717, 1.165) is 17.3 Å². The van der Waals surface area contributed by atoms with Gasteiger partial charge in [0.05, 0.1) is 25.1 Å². The van der Waals surface area contributed by atoms with Gasteiger partial charge in [-0.3, -0.25) is 4.68 Å². The van der Waals surface area contributed by atoms with E-state index in [4.69, 9.17) is 14.7 Å². The molecule has 0 amide bonds. The van der Waals surface area contributed by atoms with E-state index in [9.17, 15) is 22.4 Å². The van der Waals surface area contributed by atoms with Crippen LogP contribution in [0.25, 0.3) is 17.1 Å². The number of aromatic nitrogens is 5. The van der Waals surface area contributed by atoms with Crippen LogP contribution in [0.3, 0.4) is 0 Å². The number of ether oxygens (including phenoxy) is 2. The second-order valence-corrected chi connectivity index (χ2v) is 10.7. The zero-order chi connectivity index (χ0) is 33.6. The molecule has 0 aliphatic heterocycles. The molecule has 0 aliphatic carbocycles. The summed E-state index contributed by atoms with van der Waals surface area (Å²) in [5, 5.41) is 16.8. The summed E-state index contributed by atoms with van der Waals surface area (Å²) >= 11 is 0. The first-order valence-corrected chi connectivity index (χ1v) is 14.8. The molecule has 3 aromatic heterocycles. The number of nitriles is 1. The molecule has 9 nitrogen and oxygen atoms in total. The van der Waals surface area contributed by atoms with Crippen molar-refractivity contribution in [2.75, 3.05) is 13.2 Å². The summed E-state index contributed by atoms with van der Waals surface area (Å²) < 4.78 is 69.7. The van der Waals surface area contributed by atoms with Crippen LogP contribution < -0.4 is 4.74 Å². The molecule has 0 bridgehead atoms. The summed E-state index contributed by atoms with van der Waals surface area (Å²) in [5.74, 6) is -1.29. The van der Waals surface area contributed by atoms with Crippen LogP contribution in [0.5, 0.6) is 5.75 Å². The SMILES string of the molecule is CCOC(=O)c1cnn(-c2cccc(-c3cc(F)ccc3C(C)Cc3ccc(OCCCn4ccc(C#N)n4)cc3)n2)c1C(F)(F)F. The van der Waals surface area contributed by atoms with Gasteiger partial charge in [-0.1, -0.05) is 31.2 Å². The van der Waals surface area contributed by atoms with Crippen LogP contribution in [-0.4, -0.2) is 43.7 Å². The number of halogens is 4. The fraction of sp³-hybridized carbons (Fsp3) is 0.265. The fourth-order valence-corrected chi connectivity index (χ4v) is 5.17. The van der Waals surface area contributed by atoms with Crippen LogP contribution in [0.15, 0.2) is 79.1 Å². The molecule has 5 aromatic rings. The molecule has 0 saturated heterocycles. The van der Waals surface area contributed by atoms with E-state index in [1.54, 1.807) is 29.1 Å². The van der Waals surface area contributed by atoms with Gasteiger partial charge in [0.15, 0.2) is 17.2 Å². The van der Waals surface area contributed by atoms with Gasteiger partial charge in [0.25, 0.3) is 0 Å². The van der Waals surface area contributed by atoms with Crippen LogP contribution >= 0.6 is 0 Å². The highest BCUT2D eigenvalue weighted by Crippen LogP contribution is 2.35. The highest BCUT2D eigenvalue weighted by Gasteiger charge is 2.41. The smallest absolute Gasteiger partial charge is 0.434 e. The van der Waals surface area contributed by atoms with Crippen molar-refractivity contribution in [1.82, 2.24) is 24.5 Å². The predicted octanol–water partition coefficient (Wildman–Crippen LogP) is 7.15. The quantitative estimate of drug-likeness (QED) is 0.0805. The van der Waals surface area contributed by atoms with E-state index in [1.807, 2.05) is 37.3 Å². The molecule has 0 fully saturated rings. The van der Waals surface area contributed by atoms with E-state index >= 15 is 0 Å². The Hall–Kier alpha value is -5.51. The molecule has 3 heterocycles. The number of carbonyl (C=O) groups excluding carboxylic acids is 1. The number of pyridine rings is 1. The lowest BCUT2D eigenvalue weighted by molar-refractivity contribution is -0.143. The third-order valence-electron chi connectivity index (χ3n) is 7.33. The largest absolute Gasteiger partial charge is 0.494 e. The lowest BCUT2D eigenvalue weighted by atomic mass is 9.89. The number of benzene rings is 2. The number of nitrogens with zero attached hydrogens (tertiary/aromatic N) is 6. The number of aryl methyl sites for hydroxylation is 1. The van der Waals surface area contributed by atoms with Gasteiger partial charge in [0.1, 0.15) is 23.2 Å². The first kappa shape index (κ1) is 32.9. The Kier molecular flexibility index (Phi) is 9.99. The van der Waals surface area contributed by atoms with Crippen molar-refractivity contribution < 1.29 is 31.8 Å². The third-order valence-corrected chi connectivity index (χ3v) is 7.33. The lowest BCUT2D eigenvalue weighted by Gasteiger charge is -2.18. The minimum atomic E-state index is -4.93. The molecule has 13 heteroatoms. The summed E-state index contributed by atoms with van der Waals surface area (Å²) in [6.07, 6.45) is -1.09. The summed E-state index contributed by atoms with van der Waals surface area (Å²) in [5.41, 5.74) is 0.740. The molecule has 0 radical (unpaired) electrons. The Labute approximate surface area is 268 Å². The Balaban J connectivity index is 1.32. The molecular formula is C34H30F4N6O3. The van der Waals surface area contributed by atoms with Crippen LogP contribution in [0, 0.1) is 17.1 Å². The minimum absolute atomic E-state index is 0.104. The van der Waals surface area contributed by atoms with Crippen molar-refractivity contribution in [1.29, 1.82) is 5.26 Å². The van der Waals surface area contributed by atoms with E-state index in [-0.39, 0.29) is 24.0 Å². The van der Waals surface area contributed by atoms with E-state index < -0.39 is 29.2 Å². The summed E-state index contributed by atoms with van der Waals surface area (Å²) in [7, 11) is 0. The van der Waals surface area contributed by atoms with Crippen LogP contribution in [0.2, 0.25) is 0 Å². The first-order chi connectivity index (χ1) is 22.6. The van der Waals surface area contributed by atoms with E-state index in [1.165, 1.54) is 31.2 Å². The molecule has 0 N–H and O–H groups in total. The van der Waals surface area contributed by atoms with Gasteiger partial charge in [0.2, 0.25) is 0 Å². The Morgan fingerprint density at radius 3 is 2.57 bits per heavy atom. The van der Waals surface area contributed by atoms with E-state index in [2.05, 4.69) is 15.2 Å². The van der Waals surface area contributed by atoms with Crippen molar-refractivity contribution in [2.24, 2.45) is 0 Å². The standard InChI is InChI=1S/C34H30F4N6O3/c1-3-46-33(45)29-21-40-44(32(29)34(36,37)38)31-7-4-6-30(41-31)28-19-24(35)10-13-27(28)22(2)18-23-8-11-26(12-9-23)47-17-5-15-43-16-14-25(20-39)42-43/h4,6-14,16,19,21-22H,3,5,15,17-18H2,1-2H3. The molecule has 242 valence electrons. The predicted molar refractivity (Wildman–Crippen MR) is 163 cm³/mol. The number of esters is 1. The Bertz CT molecular complexity index is 1890. The van der Waals surface area contributed by atoms with Crippen molar-refractivity contribution in [3.8, 4) is 28.9 Å². The number of carbonyl (C=O) groups is 1. The molecule has 0 saturated carbocycles. The maximum atomic E-state index is 14.5. The molecular weight excluding hydrogens is 616 g/mol. The normalized spacial score (nSPS) is 12.0. The van der Waals surface area contributed by atoms with Crippen LogP contribution in [0.4, 0.5) is 17.6 Å². The highest BCUT2D eigenvalue weighted by molar-refractivity contribution is 5.90. The van der Waals surface area contributed by atoms with Gasteiger partial charge in [-0.2, -0.15) is 28.6 Å². The molecule has 2 aromatic carbocycles. The van der Waals surface area contributed by atoms with Gasteiger partial charge >= 0.3 is 12.1 Å². The highest BCUT2D eigenvalue weighted by atomic mass is 19.4. The maximum Gasteiger partial charge on any atom is 0.434 e. The zero-order valence-electron chi connectivity index (χ0n) is 25.5. The van der Waals surface area contributed by atoms with Crippen molar-refractivity contribution >= 4 is 5.97 Å². The molecule has 0 aliphatic rings. The van der Waals surface area contributed by atoms with Crippen LogP contribution in [-0.2, 0) is 23.9 Å². The van der Waals surface area contributed by atoms with Gasteiger partial charge in [-0.25, -0.2) is 18.9 Å². The fourth-order valence-electron chi connectivity index (χ4n) is 5.17. The number of hydrogen-bond donors (Lipinski definition) is 0. The molecule has 47 heavy (non-hydrogen) atoms. The maximum absolute atomic E-state index is 14.5. The minimum Gasteiger partial charge on any atom is -0.494 e. The second kappa shape index (κ2) is 14.3. The van der Waals surface area contributed by atoms with Crippen molar-refractivity contribution in [3.63, 3.8) is 0 Å². The number of alkyl halides is 3. The average Bonchev–Trinajstić information content (AvgIpc) is 3.72. The van der Waals surface area contributed by atoms with Gasteiger partial charge < -0.3 is 9.47 Å². The summed E-state index contributed by atoms with van der Waals surface area (Å²) in [6, 6.07) is 20.0. The van der Waals surface area contributed by atoms with Crippen molar-refractivity contribution in [3.05, 3.63) is 113 Å². The monoisotopic (exact) mass is 646 g/mol. The summed E-state index contributed by atoms with van der Waals surface area (Å²) in [4.78, 5) is 16.6. The molecule has 5 rings (SSSR count). The van der Waals surface area contributed by atoms with Gasteiger partial charge in [0, 0.05) is 24.7 Å². The van der Waals surface area contributed by atoms with Gasteiger partial charge in [-0.05, 0) is 72.9 Å². The zero-order valence-corrected chi connectivity index (χ0v) is 25.5. The van der Waals surface area contributed by atoms with Crippen molar-refractivity contribution in [2.45, 2.75) is 45.3 Å². The number of rotatable bonds is 12. The molecule has 1 unspecified atom stereocenters. The second-order valence-electron chi connectivity index (χ2n) is 10.7.